The molecule has 0 aromatic rings. The summed E-state index contributed by atoms with van der Waals surface area (Å²) in [6.45, 7) is 14.7. The van der Waals surface area contributed by atoms with Crippen molar-refractivity contribution in [3.63, 3.8) is 0 Å². The summed E-state index contributed by atoms with van der Waals surface area (Å²) in [6.07, 6.45) is -1.61. The Balaban J connectivity index is -0.000000353. The van der Waals surface area contributed by atoms with Crippen LogP contribution < -0.4 is 11.2 Å². The molecule has 0 aliphatic carbocycles. The summed E-state index contributed by atoms with van der Waals surface area (Å²) >= 11 is 0. The lowest BCUT2D eigenvalue weighted by Gasteiger charge is -2.26. The van der Waals surface area contributed by atoms with E-state index in [4.69, 9.17) is 24.8 Å². The van der Waals surface area contributed by atoms with Crippen LogP contribution in [-0.4, -0.2) is 75.2 Å². The number of nitrogens with one attached hydrogen (secondary N) is 1. The van der Waals surface area contributed by atoms with Gasteiger partial charge in [-0.1, -0.05) is 13.8 Å². The van der Waals surface area contributed by atoms with Gasteiger partial charge < -0.3 is 29.4 Å². The van der Waals surface area contributed by atoms with Crippen molar-refractivity contribution in [3.8, 4) is 0 Å². The minimum atomic E-state index is -0.731. The van der Waals surface area contributed by atoms with Gasteiger partial charge in [-0.2, -0.15) is 5.48 Å². The molecule has 0 saturated carbocycles. The zero-order valence-corrected chi connectivity index (χ0v) is 23.6. The van der Waals surface area contributed by atoms with Crippen molar-refractivity contribution in [1.82, 2.24) is 5.48 Å². The number of rotatable bonds is 9. The molecule has 0 rings (SSSR count). The fraction of sp³-hybridized carbons (Fsp3) is 0.783. The Bertz CT molecular complexity index is 606. The Morgan fingerprint density at radius 1 is 0.750 bits per heavy atom. The van der Waals surface area contributed by atoms with Gasteiger partial charge >= 0.3 is 30.0 Å². The smallest absolute Gasteiger partial charge is 0.431 e. The van der Waals surface area contributed by atoms with Gasteiger partial charge in [0.1, 0.15) is 17.8 Å². The van der Waals surface area contributed by atoms with Crippen LogP contribution in [-0.2, 0) is 47.7 Å². The molecule has 3 N–H and O–H groups in total. The highest BCUT2D eigenvalue weighted by Gasteiger charge is 2.26. The van der Waals surface area contributed by atoms with Gasteiger partial charge in [-0.15, -0.1) is 0 Å². The maximum absolute atomic E-state index is 11.4. The number of ether oxygens (including phenoxy) is 5. The van der Waals surface area contributed by atoms with Crippen molar-refractivity contribution in [2.45, 2.75) is 93.0 Å². The van der Waals surface area contributed by atoms with Gasteiger partial charge in [0.25, 0.3) is 0 Å². The maximum atomic E-state index is 11.4. The van der Waals surface area contributed by atoms with Crippen LogP contribution in [0.2, 0.25) is 0 Å². The normalized spacial score (nSPS) is 11.1. The highest BCUT2D eigenvalue weighted by atomic mass is 16.7. The summed E-state index contributed by atoms with van der Waals surface area (Å²) in [6, 6.07) is 0. The summed E-state index contributed by atoms with van der Waals surface area (Å²) in [7, 11) is 2.70. The molecule has 0 saturated heterocycles. The maximum Gasteiger partial charge on any atom is 0.431 e. The summed E-state index contributed by atoms with van der Waals surface area (Å²) in [5, 5.41) is 0. The molecule has 0 aliphatic heterocycles. The zero-order chi connectivity index (χ0) is 29.3. The lowest BCUT2D eigenvalue weighted by molar-refractivity contribution is -0.167. The predicted molar refractivity (Wildman–Crippen MR) is 131 cm³/mol. The van der Waals surface area contributed by atoms with Gasteiger partial charge in [-0.3, -0.25) is 24.0 Å². The summed E-state index contributed by atoms with van der Waals surface area (Å²) in [5.74, 6) is -1.51. The highest BCUT2D eigenvalue weighted by Crippen LogP contribution is 2.13. The number of nitrogens with two attached hydrogens (primary N) is 1. The van der Waals surface area contributed by atoms with E-state index < -0.39 is 35.8 Å². The minimum absolute atomic E-state index is 0.0273. The number of hydrogen-bond donors (Lipinski definition) is 2. The molecule has 2 unspecified atom stereocenters. The number of hydrogen-bond acceptors (Lipinski definition) is 12. The van der Waals surface area contributed by atoms with Crippen molar-refractivity contribution < 1.29 is 52.5 Å². The van der Waals surface area contributed by atoms with Crippen LogP contribution in [0.15, 0.2) is 0 Å². The first-order valence-corrected chi connectivity index (χ1v) is 11.3. The predicted octanol–water partition coefficient (Wildman–Crippen LogP) is 2.43. The van der Waals surface area contributed by atoms with E-state index in [0.29, 0.717) is 6.42 Å². The van der Waals surface area contributed by atoms with Crippen LogP contribution in [0.4, 0.5) is 4.79 Å². The third-order valence-corrected chi connectivity index (χ3v) is 3.13. The van der Waals surface area contributed by atoms with Gasteiger partial charge in [-0.25, -0.2) is 4.79 Å². The Morgan fingerprint density at radius 3 is 1.39 bits per heavy atom. The molecule has 1 amide bonds. The van der Waals surface area contributed by atoms with E-state index in [1.54, 1.807) is 20.8 Å². The molecule has 13 heteroatoms. The molecule has 0 spiro atoms. The molecular weight excluding hydrogens is 480 g/mol. The van der Waals surface area contributed by atoms with E-state index in [2.05, 4.69) is 15.0 Å². The number of methoxy groups -OCH3 is 2. The number of carbonyl (C=O) groups excluding carboxylic acids is 5. The van der Waals surface area contributed by atoms with Gasteiger partial charge in [0.15, 0.2) is 0 Å². The quantitative estimate of drug-likeness (QED) is 0.194. The molecule has 36 heavy (non-hydrogen) atoms. The highest BCUT2D eigenvalue weighted by molar-refractivity contribution is 5.67. The molecular formula is C23H46N2O11. The summed E-state index contributed by atoms with van der Waals surface area (Å²) in [4.78, 5) is 58.0. The van der Waals surface area contributed by atoms with Crippen LogP contribution in [0, 0.1) is 0 Å². The number of amides is 1. The molecule has 214 valence electrons. The van der Waals surface area contributed by atoms with Gasteiger partial charge in [-0.05, 0) is 27.3 Å². The summed E-state index contributed by atoms with van der Waals surface area (Å²) in [5.41, 5.74) is 6.97. The number of carbonyl (C=O) groups is 5. The van der Waals surface area contributed by atoms with Crippen LogP contribution in [0.1, 0.15) is 75.2 Å². The van der Waals surface area contributed by atoms with E-state index >= 15 is 0 Å². The van der Waals surface area contributed by atoms with Crippen molar-refractivity contribution in [3.05, 3.63) is 0 Å². The zero-order valence-electron chi connectivity index (χ0n) is 23.6. The average molecular weight is 527 g/mol. The first-order chi connectivity index (χ1) is 16.6. The SMILES string of the molecule is CC.CC(=O)OC(CCN)C(CCONC(=O)OC(C)(C)C)OC(C)=O.COC(C)=O.COC(C)=O. The van der Waals surface area contributed by atoms with E-state index in [0.717, 1.165) is 0 Å². The fourth-order valence-electron chi connectivity index (χ4n) is 1.82. The first-order valence-electron chi connectivity index (χ1n) is 11.3. The first kappa shape index (κ1) is 40.2. The Hall–Kier alpha value is -2.93. The molecule has 13 nitrogen and oxygen atoms in total. The Morgan fingerprint density at radius 2 is 1.11 bits per heavy atom. The van der Waals surface area contributed by atoms with Crippen LogP contribution in [0.5, 0.6) is 0 Å². The number of hydroxylamine groups is 1. The van der Waals surface area contributed by atoms with Crippen molar-refractivity contribution in [2.75, 3.05) is 27.4 Å². The van der Waals surface area contributed by atoms with Crippen LogP contribution >= 0.6 is 0 Å². The molecule has 0 aromatic carbocycles. The largest absolute Gasteiger partial charge is 0.469 e. The fourth-order valence-corrected chi connectivity index (χ4v) is 1.82. The van der Waals surface area contributed by atoms with Crippen molar-refractivity contribution >= 4 is 30.0 Å². The third-order valence-electron chi connectivity index (χ3n) is 3.13. The van der Waals surface area contributed by atoms with Gasteiger partial charge in [0.2, 0.25) is 0 Å². The molecule has 0 fully saturated rings. The molecule has 2 atom stereocenters. The Kier molecular flexibility index (Phi) is 28.1. The van der Waals surface area contributed by atoms with E-state index in [9.17, 15) is 24.0 Å². The second kappa shape index (κ2) is 25.2. The monoisotopic (exact) mass is 526 g/mol. The van der Waals surface area contributed by atoms with E-state index in [1.807, 2.05) is 13.8 Å². The van der Waals surface area contributed by atoms with E-state index in [1.165, 1.54) is 41.9 Å². The lowest BCUT2D eigenvalue weighted by Crippen LogP contribution is -2.38. The molecule has 0 radical (unpaired) electrons. The van der Waals surface area contributed by atoms with Crippen LogP contribution in [0.25, 0.3) is 0 Å². The molecule has 0 aliphatic rings. The van der Waals surface area contributed by atoms with Crippen molar-refractivity contribution in [2.24, 2.45) is 5.73 Å². The second-order valence-corrected chi connectivity index (χ2v) is 7.51. The van der Waals surface area contributed by atoms with Gasteiger partial charge in [0.05, 0.1) is 20.8 Å². The standard InChI is InChI=1S/C15H28N2O7.2C3H6O2.C2H6/c1-10(18)22-12(6-8-16)13(23-11(2)19)7-9-21-17-14(20)24-15(3,4)5;2*1-3(4)5-2;1-2/h12-13H,6-9,16H2,1-5H3,(H,17,20);2*1-2H3;1-2H3. The Labute approximate surface area is 214 Å². The lowest BCUT2D eigenvalue weighted by atomic mass is 10.1. The van der Waals surface area contributed by atoms with Gasteiger partial charge in [0, 0.05) is 40.5 Å². The molecule has 0 bridgehead atoms. The minimum Gasteiger partial charge on any atom is -0.469 e. The summed E-state index contributed by atoms with van der Waals surface area (Å²) < 4.78 is 23.5. The average Bonchev–Trinajstić information content (AvgIpc) is 2.76. The third kappa shape index (κ3) is 35.7. The molecule has 0 heterocycles. The molecule has 0 aromatic heterocycles. The topological polar surface area (TPSA) is 179 Å². The second-order valence-electron chi connectivity index (χ2n) is 7.51. The van der Waals surface area contributed by atoms with Crippen molar-refractivity contribution in [1.29, 1.82) is 0 Å². The number of esters is 4. The van der Waals surface area contributed by atoms with Crippen LogP contribution in [0.3, 0.4) is 0 Å². The van der Waals surface area contributed by atoms with E-state index in [-0.39, 0.29) is 31.5 Å².